The van der Waals surface area contributed by atoms with Gasteiger partial charge < -0.3 is 10.2 Å². The number of carbonyl (C=O) groups excluding carboxylic acids is 1. The minimum atomic E-state index is 0.0309. The van der Waals surface area contributed by atoms with Gasteiger partial charge in [-0.15, -0.1) is 0 Å². The van der Waals surface area contributed by atoms with E-state index in [9.17, 15) is 4.79 Å². The quantitative estimate of drug-likeness (QED) is 0.716. The number of hydrogen-bond acceptors (Lipinski definition) is 4. The first-order chi connectivity index (χ1) is 14.2. The van der Waals surface area contributed by atoms with Gasteiger partial charge in [-0.2, -0.15) is 0 Å². The molecule has 2 aliphatic rings. The molecule has 6 heteroatoms. The lowest BCUT2D eigenvalue weighted by Crippen LogP contribution is -2.46. The Morgan fingerprint density at radius 1 is 1.17 bits per heavy atom. The summed E-state index contributed by atoms with van der Waals surface area (Å²) in [7, 11) is 0. The zero-order valence-electron chi connectivity index (χ0n) is 17.3. The monoisotopic (exact) mass is 412 g/mol. The van der Waals surface area contributed by atoms with Crippen LogP contribution >= 0.6 is 11.8 Å². The van der Waals surface area contributed by atoms with Gasteiger partial charge in [-0.1, -0.05) is 37.1 Å². The van der Waals surface area contributed by atoms with Crippen LogP contribution in [0.5, 0.6) is 0 Å². The van der Waals surface area contributed by atoms with Gasteiger partial charge in [0.2, 0.25) is 0 Å². The average Bonchev–Trinajstić information content (AvgIpc) is 3.25. The van der Waals surface area contributed by atoms with Crippen molar-refractivity contribution in [1.82, 2.24) is 19.8 Å². The van der Waals surface area contributed by atoms with E-state index in [1.54, 1.807) is 18.0 Å². The summed E-state index contributed by atoms with van der Waals surface area (Å²) in [5, 5.41) is 4.19. The van der Waals surface area contributed by atoms with Gasteiger partial charge in [-0.05, 0) is 56.1 Å². The summed E-state index contributed by atoms with van der Waals surface area (Å²) in [6.07, 6.45) is 14.9. The molecular formula is C23H32N4OS. The first kappa shape index (κ1) is 20.5. The summed E-state index contributed by atoms with van der Waals surface area (Å²) in [6.45, 7) is 3.46. The second-order valence-electron chi connectivity index (χ2n) is 8.39. The number of aromatic nitrogens is 2. The molecule has 1 aromatic heterocycles. The van der Waals surface area contributed by atoms with Crippen LogP contribution in [0, 0.1) is 5.92 Å². The summed E-state index contributed by atoms with van der Waals surface area (Å²) in [4.78, 5) is 19.8. The molecule has 5 nitrogen and oxygen atoms in total. The number of nitrogens with zero attached hydrogens (tertiary/aromatic N) is 3. The number of nitrogens with one attached hydrogen (secondary N) is 1. The molecule has 1 saturated carbocycles. The van der Waals surface area contributed by atoms with Crippen molar-refractivity contribution in [3.63, 3.8) is 0 Å². The molecule has 2 fully saturated rings. The first-order valence-electron chi connectivity index (χ1n) is 10.9. The second-order valence-corrected chi connectivity index (χ2v) is 9.16. The Labute approximate surface area is 178 Å². The smallest absolute Gasteiger partial charge is 0.251 e. The van der Waals surface area contributed by atoms with Crippen molar-refractivity contribution in [3.8, 4) is 5.69 Å². The van der Waals surface area contributed by atoms with Crippen molar-refractivity contribution in [3.05, 3.63) is 42.2 Å². The molecule has 156 valence electrons. The topological polar surface area (TPSA) is 50.2 Å². The van der Waals surface area contributed by atoms with Gasteiger partial charge in [0.1, 0.15) is 0 Å². The Hall–Kier alpha value is -1.79. The summed E-state index contributed by atoms with van der Waals surface area (Å²) in [6, 6.07) is 8.09. The van der Waals surface area contributed by atoms with E-state index in [1.807, 2.05) is 41.3 Å². The molecule has 1 aliphatic carbocycles. The lowest BCUT2D eigenvalue weighted by atomic mass is 9.88. The van der Waals surface area contributed by atoms with E-state index in [4.69, 9.17) is 0 Å². The van der Waals surface area contributed by atoms with Crippen LogP contribution in [0.1, 0.15) is 55.3 Å². The highest BCUT2D eigenvalue weighted by Crippen LogP contribution is 2.25. The van der Waals surface area contributed by atoms with Crippen LogP contribution in [-0.4, -0.2) is 52.3 Å². The fraction of sp³-hybridized carbons (Fsp3) is 0.565. The molecular weight excluding hydrogens is 380 g/mol. The fourth-order valence-electron chi connectivity index (χ4n) is 4.70. The van der Waals surface area contributed by atoms with Crippen molar-refractivity contribution in [2.45, 2.75) is 56.1 Å². The molecule has 2 aromatic rings. The van der Waals surface area contributed by atoms with Crippen molar-refractivity contribution in [1.29, 1.82) is 0 Å². The Balaban J connectivity index is 1.30. The van der Waals surface area contributed by atoms with Crippen molar-refractivity contribution < 1.29 is 4.79 Å². The van der Waals surface area contributed by atoms with Crippen LogP contribution in [0.15, 0.2) is 41.8 Å². The molecule has 2 heterocycles. The van der Waals surface area contributed by atoms with Gasteiger partial charge in [0.25, 0.3) is 5.91 Å². The van der Waals surface area contributed by atoms with Crippen LogP contribution in [0.3, 0.4) is 0 Å². The second kappa shape index (κ2) is 9.81. The van der Waals surface area contributed by atoms with E-state index in [1.165, 1.54) is 38.6 Å². The minimum Gasteiger partial charge on any atom is -0.349 e. The normalized spacial score (nSPS) is 19.3. The lowest BCUT2D eigenvalue weighted by molar-refractivity contribution is 0.0901. The van der Waals surface area contributed by atoms with Gasteiger partial charge in [0.15, 0.2) is 5.16 Å². The number of amides is 1. The summed E-state index contributed by atoms with van der Waals surface area (Å²) in [5.41, 5.74) is 1.69. The molecule has 0 radical (unpaired) electrons. The van der Waals surface area contributed by atoms with Gasteiger partial charge in [-0.3, -0.25) is 9.36 Å². The van der Waals surface area contributed by atoms with Crippen LogP contribution in [0.4, 0.5) is 0 Å². The predicted octanol–water partition coefficient (Wildman–Crippen LogP) is 4.37. The maximum atomic E-state index is 12.8. The average molecular weight is 413 g/mol. The number of thioether (sulfide) groups is 1. The zero-order chi connectivity index (χ0) is 20.1. The van der Waals surface area contributed by atoms with Crippen molar-refractivity contribution in [2.75, 3.05) is 25.9 Å². The molecule has 0 spiro atoms. The first-order valence-corrected chi connectivity index (χ1v) is 12.2. The maximum absolute atomic E-state index is 12.8. The third-order valence-corrected chi connectivity index (χ3v) is 7.01. The van der Waals surface area contributed by atoms with Crippen LogP contribution in [0.25, 0.3) is 5.69 Å². The number of likely N-dealkylation sites (tertiary alicyclic amines) is 1. The van der Waals surface area contributed by atoms with Crippen molar-refractivity contribution in [2.24, 2.45) is 5.92 Å². The van der Waals surface area contributed by atoms with Crippen LogP contribution in [-0.2, 0) is 0 Å². The molecule has 1 N–H and O–H groups in total. The van der Waals surface area contributed by atoms with E-state index in [0.29, 0.717) is 5.56 Å². The Morgan fingerprint density at radius 2 is 1.97 bits per heavy atom. The van der Waals surface area contributed by atoms with E-state index in [2.05, 4.69) is 15.2 Å². The van der Waals surface area contributed by atoms with Crippen molar-refractivity contribution >= 4 is 17.7 Å². The number of rotatable bonds is 6. The summed E-state index contributed by atoms with van der Waals surface area (Å²) >= 11 is 1.60. The standard InChI is InChI=1S/C23H32N4OS/c1-29-23-24-12-15-27(23)21-9-5-8-19(16-21)22(28)25-20-10-13-26(14-11-20)17-18-6-3-2-4-7-18/h5,8-9,12,15-16,18,20H,2-4,6-7,10-11,13-14,17H2,1H3,(H,25,28). The molecule has 0 unspecified atom stereocenters. The van der Waals surface area contributed by atoms with E-state index < -0.39 is 0 Å². The molecule has 29 heavy (non-hydrogen) atoms. The van der Waals surface area contributed by atoms with Gasteiger partial charge in [-0.25, -0.2) is 4.98 Å². The third kappa shape index (κ3) is 5.23. The highest BCUT2D eigenvalue weighted by Gasteiger charge is 2.24. The fourth-order valence-corrected chi connectivity index (χ4v) is 5.23. The van der Waals surface area contributed by atoms with E-state index in [0.717, 1.165) is 42.7 Å². The Morgan fingerprint density at radius 3 is 2.72 bits per heavy atom. The predicted molar refractivity (Wildman–Crippen MR) is 119 cm³/mol. The Bertz CT molecular complexity index is 807. The Kier molecular flexibility index (Phi) is 6.93. The molecule has 1 aliphatic heterocycles. The summed E-state index contributed by atoms with van der Waals surface area (Å²) < 4.78 is 2.02. The van der Waals surface area contributed by atoms with Gasteiger partial charge >= 0.3 is 0 Å². The molecule has 4 rings (SSSR count). The van der Waals surface area contributed by atoms with Crippen LogP contribution < -0.4 is 5.32 Å². The van der Waals surface area contributed by atoms with E-state index in [-0.39, 0.29) is 11.9 Å². The molecule has 1 amide bonds. The third-order valence-electron chi connectivity index (χ3n) is 6.34. The molecule has 0 atom stereocenters. The molecule has 1 saturated heterocycles. The maximum Gasteiger partial charge on any atom is 0.251 e. The lowest BCUT2D eigenvalue weighted by Gasteiger charge is -2.35. The minimum absolute atomic E-state index is 0.0309. The van der Waals surface area contributed by atoms with Gasteiger partial charge in [0.05, 0.1) is 0 Å². The number of hydrogen-bond donors (Lipinski definition) is 1. The zero-order valence-corrected chi connectivity index (χ0v) is 18.2. The van der Waals surface area contributed by atoms with E-state index >= 15 is 0 Å². The number of imidazole rings is 1. The SMILES string of the molecule is CSc1nccn1-c1cccc(C(=O)NC2CCN(CC3CCCCC3)CC2)c1. The number of carbonyl (C=O) groups is 1. The highest BCUT2D eigenvalue weighted by atomic mass is 32.2. The largest absolute Gasteiger partial charge is 0.349 e. The number of benzene rings is 1. The highest BCUT2D eigenvalue weighted by molar-refractivity contribution is 7.98. The molecule has 0 bridgehead atoms. The summed E-state index contributed by atoms with van der Waals surface area (Å²) in [5.74, 6) is 0.926. The molecule has 1 aromatic carbocycles. The number of piperidine rings is 1. The van der Waals surface area contributed by atoms with Crippen LogP contribution in [0.2, 0.25) is 0 Å². The van der Waals surface area contributed by atoms with Gasteiger partial charge in [0, 0.05) is 49.3 Å².